The van der Waals surface area contributed by atoms with Crippen LogP contribution in [0.2, 0.25) is 5.02 Å². The molecule has 0 aliphatic carbocycles. The van der Waals surface area contributed by atoms with E-state index in [4.69, 9.17) is 11.6 Å². The minimum absolute atomic E-state index is 0.237. The molecule has 0 saturated heterocycles. The topological polar surface area (TPSA) is 54.0 Å². The first-order valence-corrected chi connectivity index (χ1v) is 7.95. The molecular formula is C19H15ClFN3O. The van der Waals surface area contributed by atoms with Crippen molar-refractivity contribution >= 4 is 34.7 Å². The van der Waals surface area contributed by atoms with E-state index >= 15 is 0 Å². The zero-order chi connectivity index (χ0) is 17.8. The monoisotopic (exact) mass is 355 g/mol. The number of benzene rings is 2. The summed E-state index contributed by atoms with van der Waals surface area (Å²) in [5.41, 5.74) is 2.94. The third-order valence-corrected chi connectivity index (χ3v) is 3.79. The van der Waals surface area contributed by atoms with Gasteiger partial charge in [0, 0.05) is 16.3 Å². The molecule has 0 atom stereocenters. The molecule has 0 aliphatic heterocycles. The van der Waals surface area contributed by atoms with Crippen LogP contribution < -0.4 is 10.6 Å². The van der Waals surface area contributed by atoms with Crippen molar-refractivity contribution in [1.29, 1.82) is 0 Å². The number of halogens is 2. The molecule has 2 N–H and O–H groups in total. The SMILES string of the molecule is Cc1cc(Cl)ccc1Nc1ccc(NC(=O)c2cccc(F)c2)nc1. The summed E-state index contributed by atoms with van der Waals surface area (Å²) in [6.07, 6.45) is 1.61. The van der Waals surface area contributed by atoms with Crippen molar-refractivity contribution in [3.8, 4) is 0 Å². The molecule has 25 heavy (non-hydrogen) atoms. The van der Waals surface area contributed by atoms with Crippen molar-refractivity contribution in [3.05, 3.63) is 82.8 Å². The van der Waals surface area contributed by atoms with Crippen LogP contribution in [0.25, 0.3) is 0 Å². The van der Waals surface area contributed by atoms with Crippen LogP contribution in [0.15, 0.2) is 60.8 Å². The van der Waals surface area contributed by atoms with Crippen LogP contribution in [0.5, 0.6) is 0 Å². The Morgan fingerprint density at radius 3 is 2.64 bits per heavy atom. The number of hydrogen-bond donors (Lipinski definition) is 2. The van der Waals surface area contributed by atoms with Gasteiger partial charge in [-0.2, -0.15) is 0 Å². The number of nitrogens with one attached hydrogen (secondary N) is 2. The number of nitrogens with zero attached hydrogens (tertiary/aromatic N) is 1. The summed E-state index contributed by atoms with van der Waals surface area (Å²) in [7, 11) is 0. The predicted molar refractivity (Wildman–Crippen MR) is 98.1 cm³/mol. The maximum absolute atomic E-state index is 13.2. The van der Waals surface area contributed by atoms with E-state index in [1.54, 1.807) is 24.4 Å². The molecule has 3 rings (SSSR count). The van der Waals surface area contributed by atoms with Crippen molar-refractivity contribution in [2.24, 2.45) is 0 Å². The van der Waals surface area contributed by atoms with Crippen LogP contribution in [-0.2, 0) is 0 Å². The standard InChI is InChI=1S/C19H15ClFN3O/c1-12-9-14(20)5-7-17(12)23-16-6-8-18(22-11-16)24-19(25)13-3-2-4-15(21)10-13/h2-11,23H,1H3,(H,22,24,25). The van der Waals surface area contributed by atoms with Gasteiger partial charge < -0.3 is 10.6 Å². The summed E-state index contributed by atoms with van der Waals surface area (Å²) >= 11 is 5.95. The summed E-state index contributed by atoms with van der Waals surface area (Å²) in [6.45, 7) is 1.95. The predicted octanol–water partition coefficient (Wildman–Crippen LogP) is 5.18. The number of rotatable bonds is 4. The highest BCUT2D eigenvalue weighted by atomic mass is 35.5. The van der Waals surface area contributed by atoms with Gasteiger partial charge in [0.05, 0.1) is 11.9 Å². The zero-order valence-corrected chi connectivity index (χ0v) is 14.1. The van der Waals surface area contributed by atoms with E-state index < -0.39 is 11.7 Å². The molecular weight excluding hydrogens is 341 g/mol. The maximum atomic E-state index is 13.2. The smallest absolute Gasteiger partial charge is 0.256 e. The molecule has 0 bridgehead atoms. The molecule has 4 nitrogen and oxygen atoms in total. The Bertz CT molecular complexity index is 913. The molecule has 1 amide bonds. The Morgan fingerprint density at radius 1 is 1.12 bits per heavy atom. The molecule has 0 saturated carbocycles. The number of pyridine rings is 1. The number of amides is 1. The lowest BCUT2D eigenvalue weighted by atomic mass is 10.2. The second kappa shape index (κ2) is 7.32. The molecule has 0 unspecified atom stereocenters. The highest BCUT2D eigenvalue weighted by Crippen LogP contribution is 2.23. The number of aromatic nitrogens is 1. The molecule has 0 fully saturated rings. The quantitative estimate of drug-likeness (QED) is 0.678. The summed E-state index contributed by atoms with van der Waals surface area (Å²) in [5, 5.41) is 6.55. The Hall–Kier alpha value is -2.92. The lowest BCUT2D eigenvalue weighted by Crippen LogP contribution is -2.13. The minimum atomic E-state index is -0.460. The van der Waals surface area contributed by atoms with Gasteiger partial charge >= 0.3 is 0 Å². The number of aryl methyl sites for hydroxylation is 1. The van der Waals surface area contributed by atoms with Gasteiger partial charge in [0.25, 0.3) is 5.91 Å². The van der Waals surface area contributed by atoms with E-state index in [1.165, 1.54) is 24.3 Å². The molecule has 0 aliphatic rings. The molecule has 2 aromatic carbocycles. The zero-order valence-electron chi connectivity index (χ0n) is 13.4. The van der Waals surface area contributed by atoms with Crippen molar-refractivity contribution < 1.29 is 9.18 Å². The lowest BCUT2D eigenvalue weighted by molar-refractivity contribution is 0.102. The second-order valence-electron chi connectivity index (χ2n) is 5.48. The first kappa shape index (κ1) is 16.9. The number of anilines is 3. The van der Waals surface area contributed by atoms with Gasteiger partial charge in [-0.3, -0.25) is 4.79 Å². The van der Waals surface area contributed by atoms with E-state index in [0.717, 1.165) is 16.9 Å². The summed E-state index contributed by atoms with van der Waals surface area (Å²) in [6, 6.07) is 14.5. The van der Waals surface area contributed by atoms with Crippen molar-refractivity contribution in [2.45, 2.75) is 6.92 Å². The largest absolute Gasteiger partial charge is 0.354 e. The van der Waals surface area contributed by atoms with Crippen LogP contribution in [0.3, 0.4) is 0 Å². The first-order chi connectivity index (χ1) is 12.0. The normalized spacial score (nSPS) is 10.4. The summed E-state index contributed by atoms with van der Waals surface area (Å²) in [4.78, 5) is 16.3. The number of carbonyl (C=O) groups excluding carboxylic acids is 1. The van der Waals surface area contributed by atoms with Crippen molar-refractivity contribution in [3.63, 3.8) is 0 Å². The second-order valence-corrected chi connectivity index (χ2v) is 5.92. The van der Waals surface area contributed by atoms with Gasteiger partial charge in [-0.05, 0) is 61.0 Å². The first-order valence-electron chi connectivity index (χ1n) is 7.57. The highest BCUT2D eigenvalue weighted by Gasteiger charge is 2.08. The molecule has 6 heteroatoms. The fourth-order valence-electron chi connectivity index (χ4n) is 2.28. The van der Waals surface area contributed by atoms with Crippen LogP contribution in [0, 0.1) is 12.7 Å². The average Bonchev–Trinajstić information content (AvgIpc) is 2.59. The van der Waals surface area contributed by atoms with Crippen LogP contribution in [-0.4, -0.2) is 10.9 Å². The Labute approximate surface area is 149 Å². The van der Waals surface area contributed by atoms with E-state index in [-0.39, 0.29) is 5.56 Å². The Morgan fingerprint density at radius 2 is 1.96 bits per heavy atom. The van der Waals surface area contributed by atoms with Crippen LogP contribution in [0.1, 0.15) is 15.9 Å². The Balaban J connectivity index is 1.69. The fraction of sp³-hybridized carbons (Fsp3) is 0.0526. The van der Waals surface area contributed by atoms with Crippen molar-refractivity contribution in [2.75, 3.05) is 10.6 Å². The fourth-order valence-corrected chi connectivity index (χ4v) is 2.51. The highest BCUT2D eigenvalue weighted by molar-refractivity contribution is 6.30. The Kier molecular flexibility index (Phi) is 4.95. The van der Waals surface area contributed by atoms with Gasteiger partial charge in [-0.25, -0.2) is 9.37 Å². The van der Waals surface area contributed by atoms with Gasteiger partial charge in [-0.15, -0.1) is 0 Å². The van der Waals surface area contributed by atoms with Crippen LogP contribution in [0.4, 0.5) is 21.6 Å². The molecule has 0 spiro atoms. The number of hydrogen-bond acceptors (Lipinski definition) is 3. The lowest BCUT2D eigenvalue weighted by Gasteiger charge is -2.10. The van der Waals surface area contributed by atoms with E-state index in [0.29, 0.717) is 10.8 Å². The van der Waals surface area contributed by atoms with Crippen LogP contribution >= 0.6 is 11.6 Å². The van der Waals surface area contributed by atoms with Gasteiger partial charge in [-0.1, -0.05) is 17.7 Å². The number of carbonyl (C=O) groups is 1. The minimum Gasteiger partial charge on any atom is -0.354 e. The van der Waals surface area contributed by atoms with Crippen molar-refractivity contribution in [1.82, 2.24) is 4.98 Å². The van der Waals surface area contributed by atoms with E-state index in [2.05, 4.69) is 15.6 Å². The van der Waals surface area contributed by atoms with E-state index in [9.17, 15) is 9.18 Å². The average molecular weight is 356 g/mol. The third kappa shape index (κ3) is 4.33. The van der Waals surface area contributed by atoms with E-state index in [1.807, 2.05) is 19.1 Å². The van der Waals surface area contributed by atoms with Gasteiger partial charge in [0.2, 0.25) is 0 Å². The summed E-state index contributed by atoms with van der Waals surface area (Å²) < 4.78 is 13.2. The molecule has 3 aromatic rings. The molecule has 126 valence electrons. The molecule has 1 aromatic heterocycles. The maximum Gasteiger partial charge on any atom is 0.256 e. The van der Waals surface area contributed by atoms with Gasteiger partial charge in [0.1, 0.15) is 11.6 Å². The molecule has 1 heterocycles. The molecule has 0 radical (unpaired) electrons. The third-order valence-electron chi connectivity index (χ3n) is 3.56. The summed E-state index contributed by atoms with van der Waals surface area (Å²) in [5.74, 6) is -0.493. The van der Waals surface area contributed by atoms with Gasteiger partial charge in [0.15, 0.2) is 0 Å².